The standard InChI is InChI=1S/2C8H16O2.Pb/c2*1-2-3-4-5-6-7-8(9)10;/h2*2-7H2,1H3,(H,9,10);/p-2. The Morgan fingerprint density at radius 1 is 0.619 bits per heavy atom. The molecule has 0 spiro atoms. The van der Waals surface area contributed by atoms with Crippen LogP contribution in [0.3, 0.4) is 0 Å². The molecule has 124 valence electrons. The van der Waals surface area contributed by atoms with Crippen molar-refractivity contribution in [1.29, 1.82) is 0 Å². The van der Waals surface area contributed by atoms with Crippen molar-refractivity contribution in [2.45, 2.75) is 90.9 Å². The van der Waals surface area contributed by atoms with Gasteiger partial charge in [0.1, 0.15) is 0 Å². The van der Waals surface area contributed by atoms with Gasteiger partial charge < -0.3 is 19.8 Å². The SMILES string of the molecule is CCCCCCCC(=O)[O-].CCCCCCCC(=O)[O-].[Pb]. The number of hydrogen-bond acceptors (Lipinski definition) is 4. The number of carboxylic acids is 2. The maximum atomic E-state index is 9.92. The van der Waals surface area contributed by atoms with Crippen LogP contribution in [0.25, 0.3) is 0 Å². The van der Waals surface area contributed by atoms with E-state index in [1.54, 1.807) is 0 Å². The first-order chi connectivity index (χ1) is 9.54. The van der Waals surface area contributed by atoms with Gasteiger partial charge in [0.05, 0.1) is 0 Å². The van der Waals surface area contributed by atoms with Crippen molar-refractivity contribution >= 4 is 39.2 Å². The van der Waals surface area contributed by atoms with E-state index < -0.39 is 11.9 Å². The van der Waals surface area contributed by atoms with Crippen LogP contribution in [0, 0.1) is 0 Å². The van der Waals surface area contributed by atoms with Gasteiger partial charge in [0.15, 0.2) is 0 Å². The van der Waals surface area contributed by atoms with E-state index in [0.717, 1.165) is 38.5 Å². The smallest absolute Gasteiger partial charge is 0.0414 e. The zero-order valence-electron chi connectivity index (χ0n) is 13.6. The molecule has 0 aromatic heterocycles. The molecule has 0 heterocycles. The first-order valence-electron chi connectivity index (χ1n) is 7.94. The minimum Gasteiger partial charge on any atom is -0.550 e. The van der Waals surface area contributed by atoms with Crippen LogP contribution in [-0.2, 0) is 9.59 Å². The first kappa shape index (κ1) is 25.8. The Hall–Kier alpha value is -0.138. The Balaban J connectivity index is -0.000000295. The number of carbonyl (C=O) groups is 2. The minimum atomic E-state index is -0.920. The summed E-state index contributed by atoms with van der Waals surface area (Å²) in [5.74, 6) is -1.84. The molecule has 0 aliphatic carbocycles. The van der Waals surface area contributed by atoms with Crippen molar-refractivity contribution in [1.82, 2.24) is 0 Å². The normalized spacial score (nSPS) is 9.24. The zero-order chi connectivity index (χ0) is 15.6. The Morgan fingerprint density at radius 2 is 0.905 bits per heavy atom. The maximum Gasteiger partial charge on any atom is 0.0414 e. The van der Waals surface area contributed by atoms with Gasteiger partial charge in [0.2, 0.25) is 0 Å². The third-order valence-corrected chi connectivity index (χ3v) is 2.97. The van der Waals surface area contributed by atoms with Gasteiger partial charge in [0, 0.05) is 39.2 Å². The van der Waals surface area contributed by atoms with E-state index in [-0.39, 0.29) is 40.1 Å². The van der Waals surface area contributed by atoms with E-state index in [4.69, 9.17) is 0 Å². The van der Waals surface area contributed by atoms with Gasteiger partial charge >= 0.3 is 0 Å². The summed E-state index contributed by atoms with van der Waals surface area (Å²) in [5.41, 5.74) is 0. The first-order valence-corrected chi connectivity index (χ1v) is 7.94. The average molecular weight is 494 g/mol. The molecule has 4 nitrogen and oxygen atoms in total. The van der Waals surface area contributed by atoms with Crippen molar-refractivity contribution in [3.05, 3.63) is 0 Å². The minimum absolute atomic E-state index is 0. The van der Waals surface area contributed by atoms with Crippen LogP contribution in [0.5, 0.6) is 0 Å². The van der Waals surface area contributed by atoms with Crippen molar-refractivity contribution in [3.63, 3.8) is 0 Å². The average Bonchev–Trinajstić information content (AvgIpc) is 2.38. The fourth-order valence-electron chi connectivity index (χ4n) is 1.75. The van der Waals surface area contributed by atoms with E-state index in [9.17, 15) is 19.8 Å². The summed E-state index contributed by atoms with van der Waals surface area (Å²) in [6, 6.07) is 0. The molecule has 0 aliphatic rings. The molecule has 0 amide bonds. The fourth-order valence-corrected chi connectivity index (χ4v) is 1.75. The monoisotopic (exact) mass is 494 g/mol. The second kappa shape index (κ2) is 22.1. The molecule has 0 N–H and O–H groups in total. The fraction of sp³-hybridized carbons (Fsp3) is 0.875. The Bertz CT molecular complexity index is 208. The van der Waals surface area contributed by atoms with Crippen molar-refractivity contribution in [2.24, 2.45) is 0 Å². The summed E-state index contributed by atoms with van der Waals surface area (Å²) in [5, 5.41) is 19.8. The third kappa shape index (κ3) is 33.0. The number of unbranched alkanes of at least 4 members (excludes halogenated alkanes) is 8. The summed E-state index contributed by atoms with van der Waals surface area (Å²) >= 11 is 0. The largest absolute Gasteiger partial charge is 0.550 e. The van der Waals surface area contributed by atoms with Crippen molar-refractivity contribution < 1.29 is 19.8 Å². The Labute approximate surface area is 149 Å². The molecule has 0 aliphatic heterocycles. The van der Waals surface area contributed by atoms with Gasteiger partial charge in [-0.05, 0) is 25.7 Å². The van der Waals surface area contributed by atoms with Gasteiger partial charge in [-0.3, -0.25) is 0 Å². The van der Waals surface area contributed by atoms with Crippen LogP contribution in [0.1, 0.15) is 90.9 Å². The number of hydrogen-bond donors (Lipinski definition) is 0. The molecule has 0 atom stereocenters. The van der Waals surface area contributed by atoms with E-state index in [2.05, 4.69) is 13.8 Å². The summed E-state index contributed by atoms with van der Waals surface area (Å²) < 4.78 is 0. The second-order valence-corrected chi connectivity index (χ2v) is 5.07. The summed E-state index contributed by atoms with van der Waals surface area (Å²) in [4.78, 5) is 19.8. The third-order valence-electron chi connectivity index (χ3n) is 2.97. The molecule has 0 bridgehead atoms. The number of rotatable bonds is 12. The molecular weight excluding hydrogens is 463 g/mol. The molecule has 0 aromatic rings. The van der Waals surface area contributed by atoms with Gasteiger partial charge in [-0.1, -0.05) is 65.2 Å². The Kier molecular flexibility index (Phi) is 27.2. The molecule has 0 rings (SSSR count). The van der Waals surface area contributed by atoms with Crippen LogP contribution < -0.4 is 10.2 Å². The van der Waals surface area contributed by atoms with Crippen LogP contribution in [0.15, 0.2) is 0 Å². The quantitative estimate of drug-likeness (QED) is 0.307. The molecule has 21 heavy (non-hydrogen) atoms. The zero-order valence-corrected chi connectivity index (χ0v) is 17.5. The second-order valence-electron chi connectivity index (χ2n) is 5.07. The predicted molar refractivity (Wildman–Crippen MR) is 82.5 cm³/mol. The van der Waals surface area contributed by atoms with Crippen LogP contribution in [-0.4, -0.2) is 39.2 Å². The molecule has 5 heteroatoms. The molecule has 0 aromatic carbocycles. The van der Waals surface area contributed by atoms with E-state index in [1.165, 1.54) is 25.7 Å². The van der Waals surface area contributed by atoms with Crippen LogP contribution in [0.2, 0.25) is 0 Å². The van der Waals surface area contributed by atoms with Crippen molar-refractivity contribution in [2.75, 3.05) is 0 Å². The summed E-state index contributed by atoms with van der Waals surface area (Å²) in [6.45, 7) is 4.28. The molecule has 0 fully saturated rings. The predicted octanol–water partition coefficient (Wildman–Crippen LogP) is 1.81. The van der Waals surface area contributed by atoms with Gasteiger partial charge in [-0.15, -0.1) is 0 Å². The van der Waals surface area contributed by atoms with Crippen LogP contribution in [0.4, 0.5) is 0 Å². The summed E-state index contributed by atoms with van der Waals surface area (Å²) in [6.07, 6.45) is 11.2. The van der Waals surface area contributed by atoms with Crippen LogP contribution >= 0.6 is 0 Å². The molecule has 0 saturated heterocycles. The van der Waals surface area contributed by atoms with Crippen molar-refractivity contribution in [3.8, 4) is 0 Å². The molecule has 4 radical (unpaired) electrons. The molecular formula is C16H30O4Pb-2. The van der Waals surface area contributed by atoms with E-state index in [0.29, 0.717) is 0 Å². The maximum absolute atomic E-state index is 9.92. The van der Waals surface area contributed by atoms with Gasteiger partial charge in [-0.25, -0.2) is 0 Å². The van der Waals surface area contributed by atoms with E-state index >= 15 is 0 Å². The van der Waals surface area contributed by atoms with Gasteiger partial charge in [0.25, 0.3) is 0 Å². The summed E-state index contributed by atoms with van der Waals surface area (Å²) in [7, 11) is 0. The molecule has 0 saturated carbocycles. The number of carboxylic acid groups (broad SMARTS) is 2. The number of carbonyl (C=O) groups excluding carboxylic acids is 2. The van der Waals surface area contributed by atoms with Gasteiger partial charge in [-0.2, -0.15) is 0 Å². The topological polar surface area (TPSA) is 80.3 Å². The number of aliphatic carboxylic acids is 2. The Morgan fingerprint density at radius 3 is 1.14 bits per heavy atom. The molecule has 0 unspecified atom stereocenters. The van der Waals surface area contributed by atoms with E-state index in [1.807, 2.05) is 0 Å².